The fraction of sp³-hybridized carbons (Fsp3) is 0.333. The maximum absolute atomic E-state index is 2.37. The molecule has 0 saturated heterocycles. The molecule has 0 amide bonds. The molecule has 3 aromatic rings. The van der Waals surface area contributed by atoms with E-state index in [1.54, 1.807) is 0 Å². The second-order valence-corrected chi connectivity index (χ2v) is 8.69. The zero-order valence-corrected chi connectivity index (χ0v) is 19.0. The number of benzene rings is 3. The van der Waals surface area contributed by atoms with Crippen LogP contribution in [0.1, 0.15) is 50.1 Å². The van der Waals surface area contributed by atoms with Gasteiger partial charge in [0.1, 0.15) is 0 Å². The maximum Gasteiger partial charge on any atom is 0.242 e. The van der Waals surface area contributed by atoms with E-state index in [2.05, 4.69) is 98.7 Å². The van der Waals surface area contributed by atoms with Gasteiger partial charge in [0.2, 0.25) is 6.71 Å². The van der Waals surface area contributed by atoms with Crippen LogP contribution in [-0.2, 0) is 0 Å². The van der Waals surface area contributed by atoms with Crippen LogP contribution in [0, 0.1) is 62.3 Å². The van der Waals surface area contributed by atoms with Gasteiger partial charge < -0.3 is 0 Å². The van der Waals surface area contributed by atoms with Gasteiger partial charge in [-0.15, -0.1) is 0 Å². The minimum absolute atomic E-state index is 0.263. The lowest BCUT2D eigenvalue weighted by molar-refractivity contribution is 1.25. The van der Waals surface area contributed by atoms with Crippen molar-refractivity contribution in [1.82, 2.24) is 0 Å². The van der Waals surface area contributed by atoms with E-state index in [4.69, 9.17) is 0 Å². The SMILES string of the molecule is Cc1ccc(B(c2c(C)cc(C)c(C)c2C)c2c(C)cc(C)c(C)c2C)cc1. The first-order chi connectivity index (χ1) is 13.1. The largest absolute Gasteiger partial charge is 0.242 e. The molecule has 0 N–H and O–H groups in total. The van der Waals surface area contributed by atoms with E-state index >= 15 is 0 Å². The predicted octanol–water partition coefficient (Wildman–Crippen LogP) is 4.98. The first-order valence-corrected chi connectivity index (χ1v) is 10.3. The van der Waals surface area contributed by atoms with Gasteiger partial charge in [-0.25, -0.2) is 0 Å². The lowest BCUT2D eigenvalue weighted by atomic mass is 9.34. The van der Waals surface area contributed by atoms with Crippen molar-refractivity contribution in [2.45, 2.75) is 62.3 Å². The molecule has 0 radical (unpaired) electrons. The summed E-state index contributed by atoms with van der Waals surface area (Å²) < 4.78 is 0. The minimum atomic E-state index is 0.263. The Kier molecular flexibility index (Phi) is 5.57. The Hall–Kier alpha value is -2.28. The van der Waals surface area contributed by atoms with E-state index in [0.29, 0.717) is 0 Å². The fourth-order valence-corrected chi connectivity index (χ4v) is 4.73. The van der Waals surface area contributed by atoms with E-state index in [-0.39, 0.29) is 6.71 Å². The summed E-state index contributed by atoms with van der Waals surface area (Å²) in [5.41, 5.74) is 16.9. The second-order valence-electron chi connectivity index (χ2n) is 8.69. The molecule has 0 atom stereocenters. The van der Waals surface area contributed by atoms with Crippen LogP contribution in [0.25, 0.3) is 0 Å². The van der Waals surface area contributed by atoms with Crippen LogP contribution in [0.3, 0.4) is 0 Å². The van der Waals surface area contributed by atoms with Crippen molar-refractivity contribution in [1.29, 1.82) is 0 Å². The monoisotopic (exact) mass is 368 g/mol. The third-order valence-electron chi connectivity index (χ3n) is 6.82. The normalized spacial score (nSPS) is 11.0. The topological polar surface area (TPSA) is 0 Å². The molecule has 3 rings (SSSR count). The Bertz CT molecular complexity index is 976. The van der Waals surface area contributed by atoms with E-state index in [1.807, 2.05) is 0 Å². The Morgan fingerprint density at radius 1 is 0.464 bits per heavy atom. The van der Waals surface area contributed by atoms with Gasteiger partial charge in [0.05, 0.1) is 0 Å². The van der Waals surface area contributed by atoms with Crippen molar-refractivity contribution >= 4 is 23.1 Å². The molecule has 0 aliphatic carbocycles. The third-order valence-corrected chi connectivity index (χ3v) is 6.82. The van der Waals surface area contributed by atoms with Gasteiger partial charge in [-0.3, -0.25) is 0 Å². The lowest BCUT2D eigenvalue weighted by Gasteiger charge is -2.27. The van der Waals surface area contributed by atoms with Crippen molar-refractivity contribution in [3.63, 3.8) is 0 Å². The number of hydrogen-bond donors (Lipinski definition) is 0. The quantitative estimate of drug-likeness (QED) is 0.572. The van der Waals surface area contributed by atoms with Crippen molar-refractivity contribution in [3.8, 4) is 0 Å². The van der Waals surface area contributed by atoms with E-state index in [1.165, 1.54) is 66.5 Å². The zero-order valence-electron chi connectivity index (χ0n) is 19.0. The zero-order chi connectivity index (χ0) is 20.7. The van der Waals surface area contributed by atoms with Gasteiger partial charge >= 0.3 is 0 Å². The molecule has 1 heteroatoms. The summed E-state index contributed by atoms with van der Waals surface area (Å²) in [5, 5.41) is 0. The van der Waals surface area contributed by atoms with Gasteiger partial charge in [-0.05, 0) is 84.6 Å². The van der Waals surface area contributed by atoms with Crippen LogP contribution in [0.4, 0.5) is 0 Å². The molecule has 28 heavy (non-hydrogen) atoms. The molecule has 0 aromatic heterocycles. The van der Waals surface area contributed by atoms with E-state index in [0.717, 1.165) is 0 Å². The molecular formula is C27H33B. The molecule has 0 heterocycles. The summed E-state index contributed by atoms with van der Waals surface area (Å²) in [6, 6.07) is 13.9. The van der Waals surface area contributed by atoms with Gasteiger partial charge in [-0.2, -0.15) is 0 Å². The summed E-state index contributed by atoms with van der Waals surface area (Å²) >= 11 is 0. The molecule has 0 aliphatic heterocycles. The highest BCUT2D eigenvalue weighted by Gasteiger charge is 2.29. The molecule has 144 valence electrons. The Labute approximate surface area is 172 Å². The smallest absolute Gasteiger partial charge is 0.0686 e. The fourth-order valence-electron chi connectivity index (χ4n) is 4.73. The Morgan fingerprint density at radius 2 is 0.857 bits per heavy atom. The van der Waals surface area contributed by atoms with Crippen LogP contribution >= 0.6 is 0 Å². The Morgan fingerprint density at radius 3 is 1.25 bits per heavy atom. The third kappa shape index (κ3) is 3.43. The average Bonchev–Trinajstić information content (AvgIpc) is 2.64. The standard InChI is InChI=1S/C27H33B/c1-16-10-12-25(13-11-16)28(26-19(4)14-17(2)21(6)23(26)8)27-20(5)15-18(3)22(7)24(27)9/h10-15H,1-9H3. The molecule has 0 aliphatic rings. The van der Waals surface area contributed by atoms with E-state index < -0.39 is 0 Å². The molecular weight excluding hydrogens is 335 g/mol. The summed E-state index contributed by atoms with van der Waals surface area (Å²) in [7, 11) is 0. The molecule has 0 bridgehead atoms. The van der Waals surface area contributed by atoms with Crippen LogP contribution in [0.2, 0.25) is 0 Å². The number of rotatable bonds is 3. The van der Waals surface area contributed by atoms with Crippen molar-refractivity contribution in [3.05, 3.63) is 86.5 Å². The molecule has 0 fully saturated rings. The number of hydrogen-bond acceptors (Lipinski definition) is 0. The first-order valence-electron chi connectivity index (χ1n) is 10.3. The molecule has 0 saturated carbocycles. The highest BCUT2D eigenvalue weighted by Crippen LogP contribution is 2.18. The van der Waals surface area contributed by atoms with Crippen molar-refractivity contribution < 1.29 is 0 Å². The highest BCUT2D eigenvalue weighted by atomic mass is 14.1. The maximum atomic E-state index is 2.37. The summed E-state index contributed by atoms with van der Waals surface area (Å²) in [6.45, 7) is 20.6. The van der Waals surface area contributed by atoms with Crippen LogP contribution in [-0.4, -0.2) is 6.71 Å². The highest BCUT2D eigenvalue weighted by molar-refractivity contribution is 6.96. The van der Waals surface area contributed by atoms with Crippen molar-refractivity contribution in [2.24, 2.45) is 0 Å². The second kappa shape index (κ2) is 7.62. The molecule has 0 nitrogen and oxygen atoms in total. The summed E-state index contributed by atoms with van der Waals surface area (Å²) in [4.78, 5) is 0. The van der Waals surface area contributed by atoms with Gasteiger partial charge in [0.15, 0.2) is 0 Å². The van der Waals surface area contributed by atoms with Crippen molar-refractivity contribution in [2.75, 3.05) is 0 Å². The summed E-state index contributed by atoms with van der Waals surface area (Å²) in [5.74, 6) is 0. The molecule has 0 spiro atoms. The van der Waals surface area contributed by atoms with Gasteiger partial charge in [0, 0.05) is 0 Å². The average molecular weight is 368 g/mol. The van der Waals surface area contributed by atoms with Crippen LogP contribution in [0.5, 0.6) is 0 Å². The predicted molar refractivity (Wildman–Crippen MR) is 127 cm³/mol. The molecule has 0 unspecified atom stereocenters. The minimum Gasteiger partial charge on any atom is -0.0686 e. The summed E-state index contributed by atoms with van der Waals surface area (Å²) in [6.07, 6.45) is 0. The first kappa shape index (κ1) is 20.5. The van der Waals surface area contributed by atoms with Crippen LogP contribution < -0.4 is 16.4 Å². The van der Waals surface area contributed by atoms with E-state index in [9.17, 15) is 0 Å². The van der Waals surface area contributed by atoms with Gasteiger partial charge in [-0.1, -0.05) is 80.6 Å². The van der Waals surface area contributed by atoms with Gasteiger partial charge in [0.25, 0.3) is 0 Å². The Balaban J connectivity index is 2.42. The number of aryl methyl sites for hydroxylation is 5. The molecule has 3 aromatic carbocycles. The lowest BCUT2D eigenvalue weighted by Crippen LogP contribution is -2.56. The van der Waals surface area contributed by atoms with Crippen LogP contribution in [0.15, 0.2) is 36.4 Å².